The fraction of sp³-hybridized carbons (Fsp3) is 0.208. The van der Waals surface area contributed by atoms with Crippen molar-refractivity contribution >= 4 is 32.7 Å². The Kier molecular flexibility index (Phi) is 5.50. The molecule has 31 heavy (non-hydrogen) atoms. The van der Waals surface area contributed by atoms with Crippen molar-refractivity contribution in [3.8, 4) is 5.75 Å². The largest absolute Gasteiger partial charge is 0.489 e. The van der Waals surface area contributed by atoms with E-state index in [4.69, 9.17) is 4.74 Å². The second-order valence-electron chi connectivity index (χ2n) is 7.41. The van der Waals surface area contributed by atoms with E-state index >= 15 is 0 Å². The molecule has 2 aromatic heterocycles. The molecule has 1 aliphatic heterocycles. The summed E-state index contributed by atoms with van der Waals surface area (Å²) in [5, 5.41) is 0.970. The first-order valence-corrected chi connectivity index (χ1v) is 11.1. The summed E-state index contributed by atoms with van der Waals surface area (Å²) in [7, 11) is 0. The number of aromatic nitrogens is 2. The standard InChI is InChI=1S/C24H22N4O2S/c29-23(19-8-4-9-20(16-19)30-17-18-6-2-1-3-7-18)27-12-14-28(15-13-27)24-26-21-10-5-11-25-22(21)31-24/h1-11,16H,12-15,17H2. The van der Waals surface area contributed by atoms with Crippen molar-refractivity contribution < 1.29 is 9.53 Å². The topological polar surface area (TPSA) is 58.6 Å². The third-order valence-corrected chi connectivity index (χ3v) is 6.36. The van der Waals surface area contributed by atoms with E-state index in [1.165, 1.54) is 0 Å². The molecule has 2 aromatic carbocycles. The molecule has 156 valence electrons. The van der Waals surface area contributed by atoms with Gasteiger partial charge in [0.15, 0.2) is 5.13 Å². The third-order valence-electron chi connectivity index (χ3n) is 5.32. The number of fused-ring (bicyclic) bond motifs is 1. The lowest BCUT2D eigenvalue weighted by Crippen LogP contribution is -2.48. The zero-order valence-corrected chi connectivity index (χ0v) is 17.8. The van der Waals surface area contributed by atoms with Gasteiger partial charge in [-0.15, -0.1) is 0 Å². The molecule has 7 heteroatoms. The number of anilines is 1. The van der Waals surface area contributed by atoms with Crippen LogP contribution in [0.5, 0.6) is 5.75 Å². The lowest BCUT2D eigenvalue weighted by molar-refractivity contribution is 0.0746. The maximum absolute atomic E-state index is 13.0. The van der Waals surface area contributed by atoms with E-state index in [0.29, 0.717) is 31.0 Å². The van der Waals surface area contributed by atoms with Crippen LogP contribution in [0.1, 0.15) is 15.9 Å². The van der Waals surface area contributed by atoms with Crippen molar-refractivity contribution in [2.24, 2.45) is 0 Å². The fourth-order valence-electron chi connectivity index (χ4n) is 3.64. The van der Waals surface area contributed by atoms with Gasteiger partial charge in [0, 0.05) is 37.9 Å². The summed E-state index contributed by atoms with van der Waals surface area (Å²) in [5.41, 5.74) is 2.68. The van der Waals surface area contributed by atoms with Crippen LogP contribution in [0, 0.1) is 0 Å². The van der Waals surface area contributed by atoms with Crippen LogP contribution in [-0.2, 0) is 6.61 Å². The van der Waals surface area contributed by atoms with Crippen LogP contribution in [-0.4, -0.2) is 47.0 Å². The summed E-state index contributed by atoms with van der Waals surface area (Å²) in [5.74, 6) is 0.742. The Morgan fingerprint density at radius 1 is 0.968 bits per heavy atom. The fourth-order valence-corrected chi connectivity index (χ4v) is 4.60. The first-order chi connectivity index (χ1) is 15.3. The van der Waals surface area contributed by atoms with Crippen LogP contribution in [0.15, 0.2) is 72.9 Å². The molecule has 0 saturated carbocycles. The zero-order chi connectivity index (χ0) is 21.0. The van der Waals surface area contributed by atoms with E-state index in [-0.39, 0.29) is 5.91 Å². The number of benzene rings is 2. The van der Waals surface area contributed by atoms with Crippen molar-refractivity contribution in [1.29, 1.82) is 0 Å². The van der Waals surface area contributed by atoms with Crippen LogP contribution in [0.2, 0.25) is 0 Å². The van der Waals surface area contributed by atoms with Gasteiger partial charge < -0.3 is 14.5 Å². The Morgan fingerprint density at radius 3 is 2.61 bits per heavy atom. The monoisotopic (exact) mass is 430 g/mol. The van der Waals surface area contributed by atoms with Gasteiger partial charge in [-0.1, -0.05) is 47.7 Å². The zero-order valence-electron chi connectivity index (χ0n) is 17.0. The highest BCUT2D eigenvalue weighted by Crippen LogP contribution is 2.28. The molecule has 3 heterocycles. The van der Waals surface area contributed by atoms with Gasteiger partial charge in [0.05, 0.1) is 0 Å². The van der Waals surface area contributed by atoms with Gasteiger partial charge >= 0.3 is 0 Å². The summed E-state index contributed by atoms with van der Waals surface area (Å²) in [4.78, 5) is 27.2. The maximum Gasteiger partial charge on any atom is 0.254 e. The quantitative estimate of drug-likeness (QED) is 0.474. The van der Waals surface area contributed by atoms with Gasteiger partial charge in [0.25, 0.3) is 5.91 Å². The molecule has 4 aromatic rings. The third kappa shape index (κ3) is 4.36. The first kappa shape index (κ1) is 19.5. The number of amides is 1. The highest BCUT2D eigenvalue weighted by molar-refractivity contribution is 7.21. The van der Waals surface area contributed by atoms with Crippen LogP contribution >= 0.6 is 11.3 Å². The molecule has 1 amide bonds. The van der Waals surface area contributed by atoms with E-state index in [9.17, 15) is 4.79 Å². The SMILES string of the molecule is O=C(c1cccc(OCc2ccccc2)c1)N1CCN(c2nc3cccnc3s2)CC1. The van der Waals surface area contributed by atoms with Crippen LogP contribution in [0.4, 0.5) is 5.13 Å². The van der Waals surface area contributed by atoms with Crippen LogP contribution in [0.3, 0.4) is 0 Å². The van der Waals surface area contributed by atoms with E-state index < -0.39 is 0 Å². The van der Waals surface area contributed by atoms with Crippen molar-refractivity contribution in [2.45, 2.75) is 6.61 Å². The molecule has 1 saturated heterocycles. The number of thiazole rings is 1. The molecule has 0 spiro atoms. The number of piperazine rings is 1. The number of rotatable bonds is 5. The lowest BCUT2D eigenvalue weighted by Gasteiger charge is -2.34. The van der Waals surface area contributed by atoms with Crippen molar-refractivity contribution in [2.75, 3.05) is 31.1 Å². The second kappa shape index (κ2) is 8.73. The summed E-state index contributed by atoms with van der Waals surface area (Å²) < 4.78 is 5.88. The van der Waals surface area contributed by atoms with E-state index in [0.717, 1.165) is 34.1 Å². The highest BCUT2D eigenvalue weighted by atomic mass is 32.1. The molecule has 1 fully saturated rings. The average molecular weight is 431 g/mol. The number of hydrogen-bond donors (Lipinski definition) is 0. The molecule has 0 N–H and O–H groups in total. The van der Waals surface area contributed by atoms with Gasteiger partial charge in [-0.3, -0.25) is 4.79 Å². The molecule has 5 rings (SSSR count). The Hall–Kier alpha value is -3.45. The normalized spacial score (nSPS) is 14.1. The number of hydrogen-bond acceptors (Lipinski definition) is 6. The number of nitrogens with zero attached hydrogens (tertiary/aromatic N) is 4. The van der Waals surface area contributed by atoms with E-state index in [1.54, 1.807) is 17.5 Å². The van der Waals surface area contributed by atoms with Gasteiger partial charge in [-0.25, -0.2) is 9.97 Å². The minimum atomic E-state index is 0.0378. The van der Waals surface area contributed by atoms with Crippen LogP contribution < -0.4 is 9.64 Å². The van der Waals surface area contributed by atoms with Crippen LogP contribution in [0.25, 0.3) is 10.3 Å². The molecular formula is C24H22N4O2S. The molecule has 0 bridgehead atoms. The minimum absolute atomic E-state index is 0.0378. The smallest absolute Gasteiger partial charge is 0.254 e. The summed E-state index contributed by atoms with van der Waals surface area (Å²) >= 11 is 1.60. The highest BCUT2D eigenvalue weighted by Gasteiger charge is 2.24. The molecule has 6 nitrogen and oxygen atoms in total. The Bertz CT molecular complexity index is 1150. The number of pyridine rings is 1. The summed E-state index contributed by atoms with van der Waals surface area (Å²) in [6.07, 6.45) is 1.79. The average Bonchev–Trinajstić information content (AvgIpc) is 3.28. The molecule has 0 unspecified atom stereocenters. The van der Waals surface area contributed by atoms with Gasteiger partial charge in [0.1, 0.15) is 22.7 Å². The Balaban J connectivity index is 1.21. The van der Waals surface area contributed by atoms with Gasteiger partial charge in [0.2, 0.25) is 0 Å². The lowest BCUT2D eigenvalue weighted by atomic mass is 10.1. The Labute approximate surface area is 184 Å². The van der Waals surface area contributed by atoms with E-state index in [2.05, 4.69) is 14.9 Å². The Morgan fingerprint density at radius 2 is 1.81 bits per heavy atom. The van der Waals surface area contributed by atoms with E-state index in [1.807, 2.05) is 71.6 Å². The van der Waals surface area contributed by atoms with Crippen molar-refractivity contribution in [3.63, 3.8) is 0 Å². The molecule has 0 radical (unpaired) electrons. The molecule has 1 aliphatic rings. The number of ether oxygens (including phenoxy) is 1. The molecule has 0 atom stereocenters. The molecular weight excluding hydrogens is 408 g/mol. The maximum atomic E-state index is 13.0. The minimum Gasteiger partial charge on any atom is -0.489 e. The van der Waals surface area contributed by atoms with Gasteiger partial charge in [-0.2, -0.15) is 0 Å². The van der Waals surface area contributed by atoms with Gasteiger partial charge in [-0.05, 0) is 35.9 Å². The molecule has 0 aliphatic carbocycles. The van der Waals surface area contributed by atoms with Crippen molar-refractivity contribution in [3.05, 3.63) is 84.1 Å². The second-order valence-corrected chi connectivity index (χ2v) is 8.36. The van der Waals surface area contributed by atoms with Crippen molar-refractivity contribution in [1.82, 2.24) is 14.9 Å². The summed E-state index contributed by atoms with van der Waals surface area (Å²) in [6.45, 7) is 3.33. The predicted molar refractivity (Wildman–Crippen MR) is 123 cm³/mol. The summed E-state index contributed by atoms with van der Waals surface area (Å²) in [6, 6.07) is 21.3. The number of carbonyl (C=O) groups excluding carboxylic acids is 1. The number of carbonyl (C=O) groups is 1. The predicted octanol–water partition coefficient (Wildman–Crippen LogP) is 4.23. The first-order valence-electron chi connectivity index (χ1n) is 10.3.